The highest BCUT2D eigenvalue weighted by molar-refractivity contribution is 6.29. The van der Waals surface area contributed by atoms with Crippen LogP contribution in [-0.2, 0) is 0 Å². The summed E-state index contributed by atoms with van der Waals surface area (Å²) in [6.45, 7) is 0. The number of carbonyl (C=O) groups is 1. The normalized spacial score (nSPS) is 16.6. The second-order valence-corrected chi connectivity index (χ2v) is 9.89. The van der Waals surface area contributed by atoms with Crippen LogP contribution in [-0.4, -0.2) is 33.1 Å². The topological polar surface area (TPSA) is 64.0 Å². The van der Waals surface area contributed by atoms with E-state index in [0.717, 1.165) is 0 Å². The summed E-state index contributed by atoms with van der Waals surface area (Å²) in [5, 5.41) is 0.0902. The van der Waals surface area contributed by atoms with Crippen molar-refractivity contribution in [1.29, 1.82) is 0 Å². The summed E-state index contributed by atoms with van der Waals surface area (Å²) in [7, 11) is 0. The van der Waals surface area contributed by atoms with E-state index in [9.17, 15) is 40.3 Å². The van der Waals surface area contributed by atoms with Crippen molar-refractivity contribution in [3.8, 4) is 5.69 Å². The van der Waals surface area contributed by atoms with E-state index in [1.807, 2.05) is 0 Å². The lowest BCUT2D eigenvalue weighted by atomic mass is 9.80. The maximum Gasteiger partial charge on any atom is 0.455 e. The number of pyridine rings is 2. The first kappa shape index (κ1) is 27.3. The Bertz CT molecular complexity index is 1540. The predicted molar refractivity (Wildman–Crippen MR) is 119 cm³/mol. The standard InChI is InChI=1S/C24H15ClF9N3O2/c25-19-16(29)7-12-18(38)13(8-37(20(12)35-19)17-14(27)5-11(26)6-15(17)28)21(39)36-22(9-1-2-9,10-3-4-10)23(30,31)24(32,33)34/h5-10H,1-4H2,(H,36,39). The monoisotopic (exact) mass is 583 g/mol. The molecule has 5 rings (SSSR count). The Balaban J connectivity index is 1.74. The molecule has 1 N–H and O–H groups in total. The summed E-state index contributed by atoms with van der Waals surface area (Å²) in [4.78, 5) is 30.0. The summed E-state index contributed by atoms with van der Waals surface area (Å²) in [5.41, 5.74) is -7.44. The van der Waals surface area contributed by atoms with Crippen molar-refractivity contribution in [3.05, 3.63) is 68.6 Å². The zero-order valence-electron chi connectivity index (χ0n) is 19.3. The lowest BCUT2D eigenvalue weighted by Crippen LogP contribution is -2.69. The highest BCUT2D eigenvalue weighted by atomic mass is 35.5. The van der Waals surface area contributed by atoms with Crippen molar-refractivity contribution >= 4 is 28.5 Å². The Morgan fingerprint density at radius 3 is 1.95 bits per heavy atom. The van der Waals surface area contributed by atoms with E-state index < -0.39 is 91.5 Å². The lowest BCUT2D eigenvalue weighted by molar-refractivity contribution is -0.316. The lowest BCUT2D eigenvalue weighted by Gasteiger charge is -2.42. The number of nitrogens with one attached hydrogen (secondary N) is 1. The van der Waals surface area contributed by atoms with Gasteiger partial charge in [-0.25, -0.2) is 22.5 Å². The summed E-state index contributed by atoms with van der Waals surface area (Å²) in [5.74, 6) is -15.4. The summed E-state index contributed by atoms with van der Waals surface area (Å²) < 4.78 is 128. The zero-order valence-corrected chi connectivity index (χ0v) is 20.0. The van der Waals surface area contributed by atoms with E-state index in [2.05, 4.69) is 4.98 Å². The molecule has 1 amide bonds. The number of hydrogen-bond acceptors (Lipinski definition) is 3. The Labute approximate surface area is 217 Å². The minimum absolute atomic E-state index is 0.0516. The van der Waals surface area contributed by atoms with E-state index in [1.165, 1.54) is 0 Å². The molecule has 2 heterocycles. The van der Waals surface area contributed by atoms with Crippen LogP contribution in [0.2, 0.25) is 5.15 Å². The Kier molecular flexibility index (Phi) is 6.20. The molecule has 2 saturated carbocycles. The first-order valence-corrected chi connectivity index (χ1v) is 11.8. The second kappa shape index (κ2) is 8.86. The average Bonchev–Trinajstić information content (AvgIpc) is 3.72. The molecule has 3 aromatic rings. The fourth-order valence-electron chi connectivity index (χ4n) is 4.99. The predicted octanol–water partition coefficient (Wildman–Crippen LogP) is 6.08. The molecule has 2 aliphatic carbocycles. The van der Waals surface area contributed by atoms with Crippen molar-refractivity contribution in [3.63, 3.8) is 0 Å². The SMILES string of the molecule is O=C(NC(C1CC1)(C1CC1)C(F)(F)C(F)(F)F)c1cn(-c2c(F)cc(F)cc2F)c2nc(Cl)c(F)cc2c1=O. The number of fused-ring (bicyclic) bond motifs is 1. The van der Waals surface area contributed by atoms with E-state index in [4.69, 9.17) is 11.6 Å². The van der Waals surface area contributed by atoms with Gasteiger partial charge < -0.3 is 5.32 Å². The van der Waals surface area contributed by atoms with Crippen LogP contribution < -0.4 is 10.7 Å². The van der Waals surface area contributed by atoms with Gasteiger partial charge in [0.05, 0.1) is 5.39 Å². The van der Waals surface area contributed by atoms with Gasteiger partial charge in [-0.2, -0.15) is 22.0 Å². The van der Waals surface area contributed by atoms with Gasteiger partial charge in [0.15, 0.2) is 28.3 Å². The van der Waals surface area contributed by atoms with Crippen LogP contribution in [0.25, 0.3) is 16.7 Å². The number of benzene rings is 1. The van der Waals surface area contributed by atoms with Gasteiger partial charge in [0.2, 0.25) is 5.43 Å². The fraction of sp³-hybridized carbons (Fsp3) is 0.375. The van der Waals surface area contributed by atoms with Crippen molar-refractivity contribution in [2.24, 2.45) is 11.8 Å². The van der Waals surface area contributed by atoms with Gasteiger partial charge >= 0.3 is 12.1 Å². The maximum atomic E-state index is 15.0. The molecule has 208 valence electrons. The molecular formula is C24H15ClF9N3O2. The molecule has 39 heavy (non-hydrogen) atoms. The van der Waals surface area contributed by atoms with Gasteiger partial charge in [-0.15, -0.1) is 0 Å². The molecule has 0 radical (unpaired) electrons. The van der Waals surface area contributed by atoms with Crippen LogP contribution in [0.4, 0.5) is 39.5 Å². The molecule has 0 spiro atoms. The quantitative estimate of drug-likeness (QED) is 0.283. The number of carbonyl (C=O) groups excluding carboxylic acids is 1. The molecule has 0 aliphatic heterocycles. The van der Waals surface area contributed by atoms with Gasteiger partial charge in [0, 0.05) is 18.3 Å². The molecule has 0 unspecified atom stereocenters. The van der Waals surface area contributed by atoms with Crippen LogP contribution in [0.5, 0.6) is 0 Å². The Hall–Kier alpha value is -3.29. The number of hydrogen-bond donors (Lipinski definition) is 1. The van der Waals surface area contributed by atoms with E-state index in [-0.39, 0.29) is 37.8 Å². The molecule has 2 fully saturated rings. The number of aromatic nitrogens is 2. The van der Waals surface area contributed by atoms with Crippen molar-refractivity contribution < 1.29 is 44.3 Å². The maximum absolute atomic E-state index is 15.0. The third-order valence-electron chi connectivity index (χ3n) is 6.99. The Morgan fingerprint density at radius 1 is 0.923 bits per heavy atom. The summed E-state index contributed by atoms with van der Waals surface area (Å²) in [6.07, 6.45) is -5.82. The van der Waals surface area contributed by atoms with E-state index >= 15 is 8.78 Å². The van der Waals surface area contributed by atoms with E-state index in [1.54, 1.807) is 5.32 Å². The molecule has 15 heteroatoms. The largest absolute Gasteiger partial charge is 0.455 e. The highest BCUT2D eigenvalue weighted by Crippen LogP contribution is 2.62. The van der Waals surface area contributed by atoms with Gasteiger partial charge in [-0.3, -0.25) is 14.2 Å². The first-order chi connectivity index (χ1) is 18.1. The first-order valence-electron chi connectivity index (χ1n) is 11.4. The van der Waals surface area contributed by atoms with Crippen LogP contribution in [0.3, 0.4) is 0 Å². The van der Waals surface area contributed by atoms with Crippen molar-refractivity contribution in [2.45, 2.75) is 43.3 Å². The molecule has 1 aromatic carbocycles. The van der Waals surface area contributed by atoms with Gasteiger partial charge in [-0.05, 0) is 43.6 Å². The molecule has 0 bridgehead atoms. The molecule has 2 aliphatic rings. The average molecular weight is 584 g/mol. The summed E-state index contributed by atoms with van der Waals surface area (Å²) >= 11 is 5.65. The van der Waals surface area contributed by atoms with Crippen molar-refractivity contribution in [1.82, 2.24) is 14.9 Å². The van der Waals surface area contributed by atoms with E-state index in [0.29, 0.717) is 16.8 Å². The van der Waals surface area contributed by atoms with Gasteiger partial charge in [-0.1, -0.05) is 11.6 Å². The van der Waals surface area contributed by atoms with Crippen molar-refractivity contribution in [2.75, 3.05) is 0 Å². The molecule has 2 aromatic heterocycles. The number of rotatable bonds is 6. The van der Waals surface area contributed by atoms with Gasteiger partial charge in [0.25, 0.3) is 5.91 Å². The van der Waals surface area contributed by atoms with Crippen LogP contribution in [0.1, 0.15) is 36.0 Å². The van der Waals surface area contributed by atoms with Crippen LogP contribution in [0, 0.1) is 35.1 Å². The molecular weight excluding hydrogens is 569 g/mol. The number of alkyl halides is 5. The Morgan fingerprint density at radius 2 is 1.46 bits per heavy atom. The number of amides is 1. The summed E-state index contributed by atoms with van der Waals surface area (Å²) in [6, 6.07) is 0.934. The fourth-order valence-corrected chi connectivity index (χ4v) is 5.13. The van der Waals surface area contributed by atoms with Gasteiger partial charge in [0.1, 0.15) is 22.6 Å². The third kappa shape index (κ3) is 4.23. The zero-order chi connectivity index (χ0) is 28.7. The smallest absolute Gasteiger partial charge is 0.339 e. The second-order valence-electron chi connectivity index (χ2n) is 9.54. The minimum atomic E-state index is -6.06. The molecule has 0 atom stereocenters. The molecule has 5 nitrogen and oxygen atoms in total. The third-order valence-corrected chi connectivity index (χ3v) is 7.26. The highest BCUT2D eigenvalue weighted by Gasteiger charge is 2.77. The van der Waals surface area contributed by atoms with Crippen LogP contribution in [0.15, 0.2) is 29.2 Å². The van der Waals surface area contributed by atoms with Crippen LogP contribution >= 0.6 is 11.6 Å². The minimum Gasteiger partial charge on any atom is -0.339 e. The number of halogens is 10. The number of nitrogens with zero attached hydrogens (tertiary/aromatic N) is 2. The molecule has 0 saturated heterocycles.